The van der Waals surface area contributed by atoms with E-state index in [4.69, 9.17) is 0 Å². The van der Waals surface area contributed by atoms with Crippen LogP contribution in [0, 0.1) is 6.92 Å². The lowest BCUT2D eigenvalue weighted by molar-refractivity contribution is 0.215. The summed E-state index contributed by atoms with van der Waals surface area (Å²) in [5, 5.41) is 4.09. The first kappa shape index (κ1) is 14.3. The molecule has 5 nitrogen and oxygen atoms in total. The van der Waals surface area contributed by atoms with E-state index in [1.165, 1.54) is 20.5 Å². The van der Waals surface area contributed by atoms with E-state index in [0.29, 0.717) is 6.54 Å². The Kier molecular flexibility index (Phi) is 3.53. The van der Waals surface area contributed by atoms with Crippen LogP contribution in [0.4, 0.5) is 4.79 Å². The van der Waals surface area contributed by atoms with Gasteiger partial charge < -0.3 is 14.8 Å². The highest BCUT2D eigenvalue weighted by atomic mass is 32.1. The number of carbonyl (C=O) groups excluding carboxylic acids is 1. The summed E-state index contributed by atoms with van der Waals surface area (Å²) in [4.78, 5) is 19.4. The van der Waals surface area contributed by atoms with Gasteiger partial charge in [0.2, 0.25) is 0 Å². The minimum absolute atomic E-state index is 0.0313. The molecule has 0 saturated carbocycles. The summed E-state index contributed by atoms with van der Waals surface area (Å²) in [5.74, 6) is 0.986. The number of aromatic nitrogens is 2. The fourth-order valence-corrected chi connectivity index (χ4v) is 4.18. The molecule has 118 valence electrons. The lowest BCUT2D eigenvalue weighted by Gasteiger charge is -2.15. The molecule has 1 fully saturated rings. The first-order valence-electron chi connectivity index (χ1n) is 7.76. The molecule has 0 unspecified atom stereocenters. The largest absolute Gasteiger partial charge is 0.336 e. The number of aryl methyl sites for hydroxylation is 1. The quantitative estimate of drug-likeness (QED) is 0.801. The lowest BCUT2D eigenvalue weighted by Crippen LogP contribution is -2.31. The predicted molar refractivity (Wildman–Crippen MR) is 92.8 cm³/mol. The van der Waals surface area contributed by atoms with E-state index in [0.717, 1.165) is 25.5 Å². The zero-order chi connectivity index (χ0) is 15.8. The van der Waals surface area contributed by atoms with E-state index < -0.39 is 0 Å². The number of benzene rings is 1. The Hall–Kier alpha value is -2.34. The molecule has 2 aromatic heterocycles. The van der Waals surface area contributed by atoms with Gasteiger partial charge in [-0.1, -0.05) is 18.2 Å². The summed E-state index contributed by atoms with van der Waals surface area (Å²) in [7, 11) is 0. The second kappa shape index (κ2) is 5.70. The molecule has 6 heteroatoms. The van der Waals surface area contributed by atoms with Gasteiger partial charge in [0.1, 0.15) is 5.82 Å². The van der Waals surface area contributed by atoms with Crippen LogP contribution in [0.1, 0.15) is 4.88 Å². The monoisotopic (exact) mass is 326 g/mol. The van der Waals surface area contributed by atoms with Crippen molar-refractivity contribution in [3.63, 3.8) is 0 Å². The smallest absolute Gasteiger partial charge is 0.317 e. The van der Waals surface area contributed by atoms with Crippen LogP contribution in [-0.2, 0) is 6.54 Å². The van der Waals surface area contributed by atoms with Crippen LogP contribution in [0.15, 0.2) is 36.7 Å². The molecule has 0 atom stereocenters. The molecule has 0 spiro atoms. The van der Waals surface area contributed by atoms with Gasteiger partial charge in [0.05, 0.1) is 0 Å². The summed E-state index contributed by atoms with van der Waals surface area (Å²) >= 11 is 1.80. The van der Waals surface area contributed by atoms with Crippen molar-refractivity contribution in [1.29, 1.82) is 0 Å². The zero-order valence-corrected chi connectivity index (χ0v) is 13.8. The third kappa shape index (κ3) is 2.49. The highest BCUT2D eigenvalue weighted by Gasteiger charge is 2.20. The van der Waals surface area contributed by atoms with Crippen molar-refractivity contribution in [1.82, 2.24) is 19.8 Å². The van der Waals surface area contributed by atoms with Crippen molar-refractivity contribution < 1.29 is 4.79 Å². The molecule has 1 N–H and O–H groups in total. The van der Waals surface area contributed by atoms with Crippen LogP contribution < -0.4 is 5.32 Å². The Morgan fingerprint density at radius 3 is 3.00 bits per heavy atom. The summed E-state index contributed by atoms with van der Waals surface area (Å²) in [6.07, 6.45) is 3.83. The van der Waals surface area contributed by atoms with Crippen LogP contribution in [-0.4, -0.2) is 40.1 Å². The van der Waals surface area contributed by atoms with Crippen LogP contribution in [0.5, 0.6) is 0 Å². The van der Waals surface area contributed by atoms with Crippen molar-refractivity contribution >= 4 is 27.5 Å². The van der Waals surface area contributed by atoms with Gasteiger partial charge in [-0.25, -0.2) is 9.78 Å². The summed E-state index contributed by atoms with van der Waals surface area (Å²) < 4.78 is 3.43. The predicted octanol–water partition coefficient (Wildman–Crippen LogP) is 3.10. The van der Waals surface area contributed by atoms with Crippen LogP contribution >= 0.6 is 11.3 Å². The molecule has 3 aromatic rings. The van der Waals surface area contributed by atoms with E-state index in [1.54, 1.807) is 11.3 Å². The molecule has 0 radical (unpaired) electrons. The zero-order valence-electron chi connectivity index (χ0n) is 13.0. The summed E-state index contributed by atoms with van der Waals surface area (Å²) in [5.41, 5.74) is 1.21. The fraction of sp³-hybridized carbons (Fsp3) is 0.294. The molecule has 2 amide bonds. The lowest BCUT2D eigenvalue weighted by atomic mass is 10.1. The maximum atomic E-state index is 11.7. The van der Waals surface area contributed by atoms with E-state index in [-0.39, 0.29) is 6.03 Å². The van der Waals surface area contributed by atoms with Gasteiger partial charge in [-0.15, -0.1) is 11.3 Å². The molecule has 1 aliphatic heterocycles. The molecular weight excluding hydrogens is 308 g/mol. The number of amides is 2. The minimum Gasteiger partial charge on any atom is -0.336 e. The normalized spacial score (nSPS) is 14.7. The van der Waals surface area contributed by atoms with Gasteiger partial charge in [-0.3, -0.25) is 0 Å². The summed E-state index contributed by atoms with van der Waals surface area (Å²) in [6, 6.07) is 8.48. The topological polar surface area (TPSA) is 50.2 Å². The van der Waals surface area contributed by atoms with Gasteiger partial charge in [0.25, 0.3) is 0 Å². The van der Waals surface area contributed by atoms with Gasteiger partial charge in [0.15, 0.2) is 0 Å². The van der Waals surface area contributed by atoms with Crippen molar-refractivity contribution in [2.45, 2.75) is 13.5 Å². The Morgan fingerprint density at radius 1 is 1.30 bits per heavy atom. The molecule has 1 saturated heterocycles. The van der Waals surface area contributed by atoms with Crippen molar-refractivity contribution in [3.05, 3.63) is 41.5 Å². The van der Waals surface area contributed by atoms with Gasteiger partial charge in [0, 0.05) is 59.1 Å². The number of hydrogen-bond donors (Lipinski definition) is 1. The maximum absolute atomic E-state index is 11.7. The molecule has 1 aromatic carbocycles. The second-order valence-electron chi connectivity index (χ2n) is 5.69. The number of rotatable bonds is 4. The molecule has 4 rings (SSSR count). The highest BCUT2D eigenvalue weighted by molar-refractivity contribution is 7.19. The number of nitrogens with one attached hydrogen (secondary N) is 1. The molecule has 1 aliphatic rings. The Bertz CT molecular complexity index is 866. The average Bonchev–Trinajstić information content (AvgIpc) is 3.23. The third-order valence-corrected chi connectivity index (χ3v) is 5.35. The fourth-order valence-electron chi connectivity index (χ4n) is 3.12. The standard InChI is InChI=1S/C17H18N4OS/c1-12-15(13-4-2-3-5-14(13)23-12)16-18-6-8-20(16)10-11-21-9-7-19-17(21)22/h2-6,8H,7,9-11H2,1H3,(H,19,22). The van der Waals surface area contributed by atoms with Crippen LogP contribution in [0.25, 0.3) is 21.5 Å². The first-order chi connectivity index (χ1) is 11.2. The average molecular weight is 326 g/mol. The molecule has 3 heterocycles. The van der Waals surface area contributed by atoms with Crippen molar-refractivity contribution in [2.24, 2.45) is 0 Å². The van der Waals surface area contributed by atoms with Crippen LogP contribution in [0.3, 0.4) is 0 Å². The number of hydrogen-bond acceptors (Lipinski definition) is 3. The van der Waals surface area contributed by atoms with E-state index in [9.17, 15) is 4.79 Å². The molecule has 23 heavy (non-hydrogen) atoms. The number of fused-ring (bicyclic) bond motifs is 1. The highest BCUT2D eigenvalue weighted by Crippen LogP contribution is 2.37. The SMILES string of the molecule is Cc1sc2ccccc2c1-c1nccn1CCN1CCNC1=O. The Morgan fingerprint density at radius 2 is 2.17 bits per heavy atom. The van der Waals surface area contributed by atoms with E-state index >= 15 is 0 Å². The molecule has 0 aliphatic carbocycles. The summed E-state index contributed by atoms with van der Waals surface area (Å²) in [6.45, 7) is 5.13. The van der Waals surface area contributed by atoms with E-state index in [1.807, 2.05) is 17.3 Å². The van der Waals surface area contributed by atoms with Crippen molar-refractivity contribution in [2.75, 3.05) is 19.6 Å². The minimum atomic E-state index is 0.0313. The second-order valence-corrected chi connectivity index (χ2v) is 6.95. The third-order valence-electron chi connectivity index (χ3n) is 4.27. The Balaban J connectivity index is 1.66. The van der Waals surface area contributed by atoms with Gasteiger partial charge >= 0.3 is 6.03 Å². The van der Waals surface area contributed by atoms with Crippen molar-refractivity contribution in [3.8, 4) is 11.4 Å². The Labute approximate surface area is 138 Å². The number of nitrogens with zero attached hydrogens (tertiary/aromatic N) is 3. The maximum Gasteiger partial charge on any atom is 0.317 e. The molecule has 0 bridgehead atoms. The number of carbonyl (C=O) groups is 1. The number of thiophene rings is 1. The number of imidazole rings is 1. The number of urea groups is 1. The first-order valence-corrected chi connectivity index (χ1v) is 8.58. The molecular formula is C17H18N4OS. The van der Waals surface area contributed by atoms with Gasteiger partial charge in [-0.2, -0.15) is 0 Å². The van der Waals surface area contributed by atoms with Crippen LogP contribution in [0.2, 0.25) is 0 Å². The van der Waals surface area contributed by atoms with E-state index in [2.05, 4.69) is 46.1 Å². The van der Waals surface area contributed by atoms with Gasteiger partial charge in [-0.05, 0) is 13.0 Å².